The highest BCUT2D eigenvalue weighted by Gasteiger charge is 2.41. The third kappa shape index (κ3) is 3.55. The molecular weight excluding hydrogens is 270 g/mol. The van der Waals surface area contributed by atoms with Gasteiger partial charge in [0.05, 0.1) is 0 Å². The summed E-state index contributed by atoms with van der Waals surface area (Å²) in [6, 6.07) is 8.43. The van der Waals surface area contributed by atoms with Crippen molar-refractivity contribution in [3.63, 3.8) is 0 Å². The molecule has 0 aliphatic heterocycles. The Bertz CT molecular complexity index is 400. The Morgan fingerprint density at radius 3 is 2.40 bits per heavy atom. The fourth-order valence-electron chi connectivity index (χ4n) is 3.15. The summed E-state index contributed by atoms with van der Waals surface area (Å²) in [5.41, 5.74) is 1.68. The van der Waals surface area contributed by atoms with Gasteiger partial charge < -0.3 is 4.74 Å². The minimum absolute atomic E-state index is 0.256. The molecule has 0 amide bonds. The Morgan fingerprint density at radius 2 is 1.85 bits per heavy atom. The number of hydrogen-bond donors (Lipinski definition) is 0. The van der Waals surface area contributed by atoms with Crippen LogP contribution in [0.3, 0.4) is 0 Å². The lowest BCUT2D eigenvalue weighted by molar-refractivity contribution is 0.0328. The summed E-state index contributed by atoms with van der Waals surface area (Å²) >= 11 is 6.01. The molecule has 0 bridgehead atoms. The standard InChI is InChI=1S/C17H26ClNO/c1-19(13-4-3-5-14-20-2)17(11-6-12-17)15-7-9-16(18)10-8-15/h7-10H,3-6,11-14H2,1-2H3. The van der Waals surface area contributed by atoms with Gasteiger partial charge in [0, 0.05) is 24.3 Å². The Kier molecular flexibility index (Phi) is 5.88. The van der Waals surface area contributed by atoms with Crippen molar-refractivity contribution < 1.29 is 4.74 Å². The van der Waals surface area contributed by atoms with Gasteiger partial charge in [0.15, 0.2) is 0 Å². The maximum absolute atomic E-state index is 6.01. The van der Waals surface area contributed by atoms with Gasteiger partial charge in [0.1, 0.15) is 0 Å². The van der Waals surface area contributed by atoms with Crippen LogP contribution in [0.2, 0.25) is 5.02 Å². The van der Waals surface area contributed by atoms with Crippen LogP contribution in [0, 0.1) is 0 Å². The van der Waals surface area contributed by atoms with Crippen molar-refractivity contribution in [1.82, 2.24) is 4.90 Å². The summed E-state index contributed by atoms with van der Waals surface area (Å²) in [5.74, 6) is 0. The molecule has 0 radical (unpaired) electrons. The van der Waals surface area contributed by atoms with E-state index in [9.17, 15) is 0 Å². The Morgan fingerprint density at radius 1 is 1.15 bits per heavy atom. The van der Waals surface area contributed by atoms with Gasteiger partial charge in [-0.15, -0.1) is 0 Å². The van der Waals surface area contributed by atoms with Crippen LogP contribution in [-0.4, -0.2) is 32.2 Å². The predicted octanol–water partition coefficient (Wildman–Crippen LogP) is 4.47. The summed E-state index contributed by atoms with van der Waals surface area (Å²) in [7, 11) is 4.04. The minimum atomic E-state index is 0.256. The van der Waals surface area contributed by atoms with Crippen LogP contribution in [0.15, 0.2) is 24.3 Å². The SMILES string of the molecule is COCCCCCN(C)C1(c2ccc(Cl)cc2)CCC1. The van der Waals surface area contributed by atoms with E-state index in [1.807, 2.05) is 12.1 Å². The molecule has 1 aromatic carbocycles. The van der Waals surface area contributed by atoms with Gasteiger partial charge in [-0.1, -0.05) is 23.7 Å². The number of nitrogens with zero attached hydrogens (tertiary/aromatic N) is 1. The van der Waals surface area contributed by atoms with Gasteiger partial charge in [-0.25, -0.2) is 0 Å². The van der Waals surface area contributed by atoms with Crippen LogP contribution < -0.4 is 0 Å². The quantitative estimate of drug-likeness (QED) is 0.656. The predicted molar refractivity (Wildman–Crippen MR) is 85.3 cm³/mol. The second-order valence-corrected chi connectivity index (χ2v) is 6.30. The maximum Gasteiger partial charge on any atom is 0.0462 e. The molecule has 0 heterocycles. The molecule has 0 unspecified atom stereocenters. The van der Waals surface area contributed by atoms with E-state index >= 15 is 0 Å². The van der Waals surface area contributed by atoms with Crippen LogP contribution in [0.25, 0.3) is 0 Å². The molecule has 0 aromatic heterocycles. The fourth-order valence-corrected chi connectivity index (χ4v) is 3.27. The van der Waals surface area contributed by atoms with Crippen molar-refractivity contribution >= 4 is 11.6 Å². The topological polar surface area (TPSA) is 12.5 Å². The Hall–Kier alpha value is -0.570. The third-order valence-electron chi connectivity index (χ3n) is 4.63. The maximum atomic E-state index is 6.01. The summed E-state index contributed by atoms with van der Waals surface area (Å²) in [6.07, 6.45) is 7.52. The normalized spacial score (nSPS) is 17.2. The summed E-state index contributed by atoms with van der Waals surface area (Å²) in [4.78, 5) is 2.55. The molecule has 0 spiro atoms. The zero-order valence-electron chi connectivity index (χ0n) is 12.7. The molecule has 2 nitrogen and oxygen atoms in total. The molecular formula is C17H26ClNO. The molecule has 1 aromatic rings. The molecule has 0 N–H and O–H groups in total. The summed E-state index contributed by atoms with van der Waals surface area (Å²) < 4.78 is 5.10. The lowest BCUT2D eigenvalue weighted by Gasteiger charge is -2.49. The first-order chi connectivity index (χ1) is 9.69. The molecule has 1 saturated carbocycles. The van der Waals surface area contributed by atoms with E-state index < -0.39 is 0 Å². The monoisotopic (exact) mass is 295 g/mol. The summed E-state index contributed by atoms with van der Waals surface area (Å²) in [6.45, 7) is 2.04. The largest absolute Gasteiger partial charge is 0.385 e. The van der Waals surface area contributed by atoms with Gasteiger partial charge in [0.2, 0.25) is 0 Å². The van der Waals surface area contributed by atoms with Crippen molar-refractivity contribution in [3.05, 3.63) is 34.9 Å². The van der Waals surface area contributed by atoms with Crippen LogP contribution in [0.1, 0.15) is 44.1 Å². The van der Waals surface area contributed by atoms with E-state index in [1.54, 1.807) is 7.11 Å². The molecule has 2 rings (SSSR count). The average molecular weight is 296 g/mol. The van der Waals surface area contributed by atoms with Gasteiger partial charge in [0.25, 0.3) is 0 Å². The fraction of sp³-hybridized carbons (Fsp3) is 0.647. The van der Waals surface area contributed by atoms with E-state index in [1.165, 1.54) is 37.7 Å². The highest BCUT2D eigenvalue weighted by Crippen LogP contribution is 2.46. The number of methoxy groups -OCH3 is 1. The number of benzene rings is 1. The van der Waals surface area contributed by atoms with Crippen LogP contribution in [0.4, 0.5) is 0 Å². The van der Waals surface area contributed by atoms with Crippen molar-refractivity contribution in [2.45, 2.75) is 44.1 Å². The Labute approximate surface area is 128 Å². The zero-order chi connectivity index (χ0) is 14.4. The first-order valence-electron chi connectivity index (χ1n) is 7.65. The van der Waals surface area contributed by atoms with Gasteiger partial charge in [-0.2, -0.15) is 0 Å². The number of ether oxygens (including phenoxy) is 1. The second-order valence-electron chi connectivity index (χ2n) is 5.87. The minimum Gasteiger partial charge on any atom is -0.385 e. The number of halogens is 1. The highest BCUT2D eigenvalue weighted by atomic mass is 35.5. The smallest absolute Gasteiger partial charge is 0.0462 e. The van der Waals surface area contributed by atoms with E-state index in [2.05, 4.69) is 24.1 Å². The van der Waals surface area contributed by atoms with Crippen LogP contribution >= 0.6 is 11.6 Å². The van der Waals surface area contributed by atoms with Crippen molar-refractivity contribution in [1.29, 1.82) is 0 Å². The van der Waals surface area contributed by atoms with E-state index in [4.69, 9.17) is 16.3 Å². The van der Waals surface area contributed by atoms with Gasteiger partial charge in [-0.05, 0) is 69.8 Å². The molecule has 20 heavy (non-hydrogen) atoms. The van der Waals surface area contributed by atoms with Crippen LogP contribution in [-0.2, 0) is 10.3 Å². The molecule has 0 atom stereocenters. The molecule has 1 fully saturated rings. The zero-order valence-corrected chi connectivity index (χ0v) is 13.5. The second kappa shape index (κ2) is 7.44. The van der Waals surface area contributed by atoms with E-state index in [-0.39, 0.29) is 5.54 Å². The first-order valence-corrected chi connectivity index (χ1v) is 8.03. The van der Waals surface area contributed by atoms with Crippen molar-refractivity contribution in [2.75, 3.05) is 27.3 Å². The number of rotatable bonds is 8. The molecule has 1 aliphatic carbocycles. The lowest BCUT2D eigenvalue weighted by Crippen LogP contribution is -2.49. The highest BCUT2D eigenvalue weighted by molar-refractivity contribution is 6.30. The first kappa shape index (κ1) is 15.8. The lowest BCUT2D eigenvalue weighted by atomic mass is 9.70. The molecule has 1 aliphatic rings. The van der Waals surface area contributed by atoms with Crippen molar-refractivity contribution in [3.8, 4) is 0 Å². The van der Waals surface area contributed by atoms with Gasteiger partial charge in [-0.3, -0.25) is 4.90 Å². The molecule has 112 valence electrons. The Balaban J connectivity index is 1.91. The summed E-state index contributed by atoms with van der Waals surface area (Å²) in [5, 5.41) is 0.824. The molecule has 3 heteroatoms. The van der Waals surface area contributed by atoms with Gasteiger partial charge >= 0.3 is 0 Å². The number of unbranched alkanes of at least 4 members (excludes halogenated alkanes) is 2. The molecule has 0 saturated heterocycles. The van der Waals surface area contributed by atoms with Crippen LogP contribution in [0.5, 0.6) is 0 Å². The average Bonchev–Trinajstić information content (AvgIpc) is 2.39. The third-order valence-corrected chi connectivity index (χ3v) is 4.89. The van der Waals surface area contributed by atoms with E-state index in [0.717, 1.165) is 24.6 Å². The van der Waals surface area contributed by atoms with Crippen molar-refractivity contribution in [2.24, 2.45) is 0 Å². The number of hydrogen-bond acceptors (Lipinski definition) is 2. The van der Waals surface area contributed by atoms with E-state index in [0.29, 0.717) is 0 Å².